The number of piperidine rings is 1. The number of hydrogen-bond acceptors (Lipinski definition) is 7. The molecule has 1 aliphatic heterocycles. The minimum Gasteiger partial charge on any atom is -0.366 e. The first-order chi connectivity index (χ1) is 18.1. The van der Waals surface area contributed by atoms with E-state index in [9.17, 15) is 9.59 Å². The molecule has 4 rings (SSSR count). The van der Waals surface area contributed by atoms with E-state index in [1.165, 1.54) is 6.08 Å². The molecule has 1 saturated heterocycles. The molecule has 1 atom stereocenters. The van der Waals surface area contributed by atoms with Crippen LogP contribution in [-0.4, -0.2) is 67.9 Å². The van der Waals surface area contributed by atoms with Crippen LogP contribution in [0.15, 0.2) is 49.6 Å². The summed E-state index contributed by atoms with van der Waals surface area (Å²) in [5, 5.41) is 11.0. The Morgan fingerprint density at radius 3 is 2.76 bits per heavy atom. The number of hydrogen-bond donors (Lipinski definition) is 1. The highest BCUT2D eigenvalue weighted by molar-refractivity contribution is 5.91. The average Bonchev–Trinajstić information content (AvgIpc) is 3.43. The number of carbonyl (C=O) groups excluding carboxylic acids is 2. The lowest BCUT2D eigenvalue weighted by atomic mass is 10.00. The summed E-state index contributed by atoms with van der Waals surface area (Å²) in [6, 6.07) is 6.21. The molecule has 1 N–H and O–H groups in total. The second-order valence-corrected chi connectivity index (χ2v) is 10.7. The maximum absolute atomic E-state index is 12.6. The minimum atomic E-state index is -0.262. The quantitative estimate of drug-likeness (QED) is 0.480. The number of nitrogens with zero attached hydrogens (tertiary/aromatic N) is 7. The Morgan fingerprint density at radius 2 is 2.08 bits per heavy atom. The number of aromatic nitrogens is 5. The zero-order chi connectivity index (χ0) is 27.4. The Morgan fingerprint density at radius 1 is 1.29 bits per heavy atom. The van der Waals surface area contributed by atoms with Crippen LogP contribution in [-0.2, 0) is 16.9 Å². The van der Waals surface area contributed by atoms with Crippen LogP contribution >= 0.6 is 0 Å². The van der Waals surface area contributed by atoms with Crippen molar-refractivity contribution in [1.82, 2.24) is 35.2 Å². The second kappa shape index (κ2) is 11.1. The fourth-order valence-corrected chi connectivity index (χ4v) is 4.59. The first kappa shape index (κ1) is 27.0. The number of rotatable bonds is 7. The number of aryl methyl sites for hydroxylation is 1. The molecule has 10 nitrogen and oxygen atoms in total. The number of benzene rings is 1. The average molecular weight is 517 g/mol. The highest BCUT2D eigenvalue weighted by Crippen LogP contribution is 2.31. The lowest BCUT2D eigenvalue weighted by molar-refractivity contribution is -0.126. The fraction of sp³-hybridized carbons (Fsp3) is 0.429. The van der Waals surface area contributed by atoms with E-state index in [4.69, 9.17) is 0 Å². The van der Waals surface area contributed by atoms with Gasteiger partial charge in [0.2, 0.25) is 5.91 Å². The van der Waals surface area contributed by atoms with Gasteiger partial charge in [0.05, 0.1) is 29.3 Å². The predicted molar refractivity (Wildman–Crippen MR) is 147 cm³/mol. The summed E-state index contributed by atoms with van der Waals surface area (Å²) < 4.78 is 1.68. The van der Waals surface area contributed by atoms with Gasteiger partial charge in [-0.3, -0.25) is 9.59 Å². The summed E-state index contributed by atoms with van der Waals surface area (Å²) in [6.45, 7) is 13.6. The molecule has 10 heteroatoms. The van der Waals surface area contributed by atoms with Crippen molar-refractivity contribution in [2.75, 3.05) is 25.0 Å². The Labute approximate surface area is 223 Å². The summed E-state index contributed by atoms with van der Waals surface area (Å²) in [5.41, 5.74) is 4.85. The lowest BCUT2D eigenvalue weighted by Gasteiger charge is -2.38. The molecule has 0 spiro atoms. The van der Waals surface area contributed by atoms with Crippen LogP contribution in [0, 0.1) is 6.92 Å². The third kappa shape index (κ3) is 5.90. The van der Waals surface area contributed by atoms with Gasteiger partial charge in [0.25, 0.3) is 5.91 Å². The molecule has 200 valence electrons. The zero-order valence-electron chi connectivity index (χ0n) is 22.8. The van der Waals surface area contributed by atoms with Crippen LogP contribution in [0.1, 0.15) is 55.2 Å². The van der Waals surface area contributed by atoms with Crippen molar-refractivity contribution in [2.24, 2.45) is 0 Å². The first-order valence-corrected chi connectivity index (χ1v) is 12.8. The molecular weight excluding hydrogens is 480 g/mol. The molecule has 2 aromatic heterocycles. The molecule has 3 heterocycles. The van der Waals surface area contributed by atoms with Crippen LogP contribution in [0.2, 0.25) is 0 Å². The molecule has 0 saturated carbocycles. The van der Waals surface area contributed by atoms with Crippen molar-refractivity contribution in [3.05, 3.63) is 66.4 Å². The Hall–Kier alpha value is -4.08. The van der Waals surface area contributed by atoms with E-state index < -0.39 is 0 Å². The van der Waals surface area contributed by atoms with Crippen molar-refractivity contribution >= 4 is 17.5 Å². The summed E-state index contributed by atoms with van der Waals surface area (Å²) in [6.07, 6.45) is 8.34. The van der Waals surface area contributed by atoms with E-state index in [1.807, 2.05) is 53.1 Å². The number of likely N-dealkylation sites (N-methyl/N-ethyl adjacent to an activating group) is 1. The predicted octanol–water partition coefficient (Wildman–Crippen LogP) is 3.34. The highest BCUT2D eigenvalue weighted by atomic mass is 16.2. The van der Waals surface area contributed by atoms with Crippen LogP contribution in [0.4, 0.5) is 5.69 Å². The van der Waals surface area contributed by atoms with Gasteiger partial charge in [0.1, 0.15) is 6.33 Å². The Balaban J connectivity index is 1.48. The van der Waals surface area contributed by atoms with E-state index in [2.05, 4.69) is 43.1 Å². The first-order valence-electron chi connectivity index (χ1n) is 12.8. The van der Waals surface area contributed by atoms with Gasteiger partial charge in [0.15, 0.2) is 5.69 Å². The van der Waals surface area contributed by atoms with E-state index in [1.54, 1.807) is 22.1 Å². The van der Waals surface area contributed by atoms with E-state index in [0.717, 1.165) is 47.5 Å². The van der Waals surface area contributed by atoms with E-state index in [-0.39, 0.29) is 23.4 Å². The van der Waals surface area contributed by atoms with Gasteiger partial charge in [-0.2, -0.15) is 0 Å². The van der Waals surface area contributed by atoms with Crippen LogP contribution in [0.5, 0.6) is 0 Å². The van der Waals surface area contributed by atoms with Gasteiger partial charge in [-0.1, -0.05) is 23.9 Å². The molecule has 0 radical (unpaired) electrons. The van der Waals surface area contributed by atoms with Crippen molar-refractivity contribution in [2.45, 2.75) is 58.7 Å². The Bertz CT molecular complexity index is 1330. The molecule has 0 bridgehead atoms. The second-order valence-electron chi connectivity index (χ2n) is 10.7. The number of nitrogens with one attached hydrogen (secondary N) is 1. The van der Waals surface area contributed by atoms with Crippen molar-refractivity contribution in [3.8, 4) is 11.3 Å². The van der Waals surface area contributed by atoms with Crippen molar-refractivity contribution in [1.29, 1.82) is 0 Å². The lowest BCUT2D eigenvalue weighted by Crippen LogP contribution is -2.48. The van der Waals surface area contributed by atoms with Crippen LogP contribution in [0.25, 0.3) is 11.3 Å². The van der Waals surface area contributed by atoms with Crippen LogP contribution in [0.3, 0.4) is 0 Å². The minimum absolute atomic E-state index is 0.0708. The van der Waals surface area contributed by atoms with Gasteiger partial charge >= 0.3 is 0 Å². The van der Waals surface area contributed by atoms with Crippen molar-refractivity contribution < 1.29 is 9.59 Å². The largest absolute Gasteiger partial charge is 0.366 e. The number of anilines is 1. The highest BCUT2D eigenvalue weighted by Gasteiger charge is 2.27. The maximum atomic E-state index is 12.6. The van der Waals surface area contributed by atoms with Crippen molar-refractivity contribution in [3.63, 3.8) is 0 Å². The SMILES string of the molecule is C=CC(=O)N(C)C1CCCN(c2cncnc2-c2ccc(CNC(=O)c3cn(C(C)(C)C)nn3)c(C)c2)C1. The molecular formula is C28H36N8O2. The molecule has 0 aliphatic carbocycles. The normalized spacial score (nSPS) is 15.7. The monoisotopic (exact) mass is 516 g/mol. The van der Waals surface area contributed by atoms with Gasteiger partial charge in [-0.05, 0) is 63.8 Å². The summed E-state index contributed by atoms with van der Waals surface area (Å²) in [5.74, 6) is -0.333. The summed E-state index contributed by atoms with van der Waals surface area (Å²) in [7, 11) is 1.83. The smallest absolute Gasteiger partial charge is 0.273 e. The summed E-state index contributed by atoms with van der Waals surface area (Å²) in [4.78, 5) is 37.7. The van der Waals surface area contributed by atoms with Gasteiger partial charge in [0, 0.05) is 38.3 Å². The molecule has 1 aromatic carbocycles. The topological polar surface area (TPSA) is 109 Å². The third-order valence-electron chi connectivity index (χ3n) is 6.97. The number of carbonyl (C=O) groups is 2. The zero-order valence-corrected chi connectivity index (χ0v) is 22.8. The molecule has 2 amide bonds. The van der Waals surface area contributed by atoms with Gasteiger partial charge < -0.3 is 15.1 Å². The summed E-state index contributed by atoms with van der Waals surface area (Å²) >= 11 is 0. The van der Waals surface area contributed by atoms with E-state index in [0.29, 0.717) is 18.8 Å². The number of amides is 2. The van der Waals surface area contributed by atoms with E-state index >= 15 is 0 Å². The molecule has 1 fully saturated rings. The molecule has 38 heavy (non-hydrogen) atoms. The fourth-order valence-electron chi connectivity index (χ4n) is 4.59. The maximum Gasteiger partial charge on any atom is 0.273 e. The van der Waals surface area contributed by atoms with Gasteiger partial charge in [-0.25, -0.2) is 14.6 Å². The Kier molecular flexibility index (Phi) is 7.89. The molecule has 3 aromatic rings. The van der Waals surface area contributed by atoms with Crippen LogP contribution < -0.4 is 10.2 Å². The standard InChI is InChI=1S/C28H36N8O2/c1-7-25(37)34(6)22-9-8-12-35(16-22)24-15-29-18-31-26(24)20-10-11-21(19(2)13-20)14-30-27(38)23-17-36(33-32-23)28(3,4)5/h7,10-11,13,15,17-18,22H,1,8-9,12,14,16H2,2-6H3,(H,30,38). The third-order valence-corrected chi connectivity index (χ3v) is 6.97. The molecule has 1 aliphatic rings. The van der Waals surface area contributed by atoms with Gasteiger partial charge in [-0.15, -0.1) is 5.10 Å². The molecule has 1 unspecified atom stereocenters.